The summed E-state index contributed by atoms with van der Waals surface area (Å²) in [6.07, 6.45) is 0.522. The SMILES string of the molecule is CC.CCC1CO[B-]2(OCC(COC(=O)c3ccc(C(=O)OCCOC(=O)c4ccc(C(=O)OC)cc4)cc3)O2)[OH+]1.CCCOC(=O)c1ccc(C(=O)OC)cc1.OCC1CO[B-]2(OCC(CO)[OH+]2)O1.[2HH]. The van der Waals surface area contributed by atoms with Crippen molar-refractivity contribution >= 4 is 49.7 Å². The van der Waals surface area contributed by atoms with E-state index in [1.165, 1.54) is 74.9 Å². The van der Waals surface area contributed by atoms with Crippen molar-refractivity contribution in [1.82, 2.24) is 0 Å². The lowest BCUT2D eigenvalue weighted by molar-refractivity contribution is -0.0450. The molecule has 4 N–H and O–H groups in total. The van der Waals surface area contributed by atoms with E-state index in [1.54, 1.807) is 12.1 Å². The zero-order valence-corrected chi connectivity index (χ0v) is 40.0. The predicted octanol–water partition coefficient (Wildman–Crippen LogP) is 2.89. The van der Waals surface area contributed by atoms with Gasteiger partial charge in [-0.1, -0.05) is 27.7 Å². The number of aliphatic hydroxyl groups is 4. The van der Waals surface area contributed by atoms with Crippen LogP contribution in [0.3, 0.4) is 0 Å². The summed E-state index contributed by atoms with van der Waals surface area (Å²) in [4.78, 5) is 70.7. The van der Waals surface area contributed by atoms with Crippen LogP contribution >= 0.6 is 0 Å². The molecular weight excluding hydrogens is 926 g/mol. The number of hydrogen-bond donors (Lipinski definition) is 2. The van der Waals surface area contributed by atoms with E-state index in [9.17, 15) is 28.8 Å². The molecule has 0 aliphatic carbocycles. The van der Waals surface area contributed by atoms with E-state index in [-0.39, 0.29) is 88.6 Å². The maximum atomic E-state index is 12.4. The molecule has 6 atom stereocenters. The van der Waals surface area contributed by atoms with Gasteiger partial charge in [-0.25, -0.2) is 28.8 Å². The highest BCUT2D eigenvalue weighted by atomic mass is 16.9. The molecular formula is C46H64B2O22. The Labute approximate surface area is 406 Å². The fourth-order valence-corrected chi connectivity index (χ4v) is 6.52. The molecule has 4 fully saturated rings. The van der Waals surface area contributed by atoms with E-state index in [0.717, 1.165) is 12.8 Å². The molecule has 0 aromatic heterocycles. The molecule has 0 saturated carbocycles. The first-order valence-electron chi connectivity index (χ1n) is 22.8. The van der Waals surface area contributed by atoms with E-state index in [0.29, 0.717) is 36.5 Å². The highest BCUT2D eigenvalue weighted by Crippen LogP contribution is 2.28. The molecule has 2 spiro atoms. The number of rotatable bonds is 16. The van der Waals surface area contributed by atoms with E-state index in [2.05, 4.69) is 18.8 Å². The maximum Gasteiger partial charge on any atom is 0.730 e. The monoisotopic (exact) mass is 991 g/mol. The molecule has 4 saturated heterocycles. The second kappa shape index (κ2) is 28.8. The van der Waals surface area contributed by atoms with Crippen LogP contribution in [0.1, 0.15) is 104 Å². The van der Waals surface area contributed by atoms with Gasteiger partial charge in [-0.2, -0.15) is 0 Å². The summed E-state index contributed by atoms with van der Waals surface area (Å²) in [6.45, 7) is 4.89. The van der Waals surface area contributed by atoms with Crippen LogP contribution < -0.4 is 0 Å². The Morgan fingerprint density at radius 1 is 0.514 bits per heavy atom. The summed E-state index contributed by atoms with van der Waals surface area (Å²) < 4.78 is 70.7. The average molecular weight is 992 g/mol. The number of aliphatic hydroxyl groups excluding tert-OH is 2. The fraction of sp³-hybridized carbons (Fsp3) is 0.478. The van der Waals surface area contributed by atoms with Crippen LogP contribution in [-0.2, 0) is 56.3 Å². The molecule has 24 heteroatoms. The summed E-state index contributed by atoms with van der Waals surface area (Å²) in [5, 5.41) is 17.6. The van der Waals surface area contributed by atoms with Gasteiger partial charge in [-0.05, 0) is 79.2 Å². The molecule has 22 nitrogen and oxygen atoms in total. The third kappa shape index (κ3) is 16.7. The van der Waals surface area contributed by atoms with Gasteiger partial charge in [0.25, 0.3) is 0 Å². The number of benzene rings is 3. The highest BCUT2D eigenvalue weighted by Gasteiger charge is 2.56. The van der Waals surface area contributed by atoms with Crippen LogP contribution in [0.4, 0.5) is 0 Å². The van der Waals surface area contributed by atoms with E-state index in [4.69, 9.17) is 57.1 Å². The number of ether oxygens (including phenoxy) is 6. The smallest absolute Gasteiger partial charge is 0.601 e. The second-order valence-electron chi connectivity index (χ2n) is 15.2. The first-order chi connectivity index (χ1) is 33.8. The summed E-state index contributed by atoms with van der Waals surface area (Å²) >= 11 is 0. The molecule has 3 aromatic rings. The van der Waals surface area contributed by atoms with Crippen LogP contribution in [0.25, 0.3) is 0 Å². The highest BCUT2D eigenvalue weighted by molar-refractivity contribution is 6.54. The van der Waals surface area contributed by atoms with Gasteiger partial charge in [-0.3, -0.25) is 0 Å². The molecule has 4 aliphatic heterocycles. The summed E-state index contributed by atoms with van der Waals surface area (Å²) in [6, 6.07) is 17.6. The molecule has 3 aromatic carbocycles. The minimum Gasteiger partial charge on any atom is -0.601 e. The predicted molar refractivity (Wildman–Crippen MR) is 248 cm³/mol. The minimum absolute atomic E-state index is 0. The van der Waals surface area contributed by atoms with Crippen molar-refractivity contribution in [2.75, 3.05) is 80.3 Å². The lowest BCUT2D eigenvalue weighted by atomic mass is 10.1. The normalized spacial score (nSPS) is 22.8. The summed E-state index contributed by atoms with van der Waals surface area (Å²) in [5.74, 6) is -3.19. The number of hydrogen-bond acceptors (Lipinski definition) is 20. The van der Waals surface area contributed by atoms with Gasteiger partial charge in [0.2, 0.25) is 0 Å². The van der Waals surface area contributed by atoms with Gasteiger partial charge in [0.15, 0.2) is 6.10 Å². The van der Waals surface area contributed by atoms with Gasteiger partial charge in [0, 0.05) is 21.1 Å². The first-order valence-corrected chi connectivity index (χ1v) is 22.8. The second-order valence-corrected chi connectivity index (χ2v) is 15.2. The molecule has 0 bridgehead atoms. The van der Waals surface area contributed by atoms with Crippen LogP contribution in [0.15, 0.2) is 72.8 Å². The minimum atomic E-state index is -2.12. The van der Waals surface area contributed by atoms with E-state index >= 15 is 0 Å². The largest absolute Gasteiger partial charge is 0.730 e. The van der Waals surface area contributed by atoms with Crippen molar-refractivity contribution in [3.8, 4) is 0 Å². The van der Waals surface area contributed by atoms with Crippen molar-refractivity contribution in [1.29, 1.82) is 0 Å². The van der Waals surface area contributed by atoms with Gasteiger partial charge >= 0.3 is 49.7 Å². The van der Waals surface area contributed by atoms with E-state index in [1.807, 2.05) is 27.7 Å². The van der Waals surface area contributed by atoms with Crippen LogP contribution in [-0.4, -0.2) is 174 Å². The van der Waals surface area contributed by atoms with Crippen molar-refractivity contribution in [3.05, 3.63) is 106 Å². The Morgan fingerprint density at radius 3 is 1.20 bits per heavy atom. The number of carbonyl (C=O) groups excluding carboxylic acids is 6. The quantitative estimate of drug-likeness (QED) is 0.0686. The zero-order valence-electron chi connectivity index (χ0n) is 40.0. The Balaban J connectivity index is 0.000000339. The fourth-order valence-electron chi connectivity index (χ4n) is 6.52. The molecule has 0 amide bonds. The van der Waals surface area contributed by atoms with Crippen molar-refractivity contribution in [3.63, 3.8) is 0 Å². The van der Waals surface area contributed by atoms with Crippen LogP contribution in [0.2, 0.25) is 0 Å². The Kier molecular flexibility index (Phi) is 23.3. The van der Waals surface area contributed by atoms with E-state index < -0.39 is 49.9 Å². The van der Waals surface area contributed by atoms with Crippen molar-refractivity contribution < 1.29 is 106 Å². The van der Waals surface area contributed by atoms with Crippen molar-refractivity contribution in [2.24, 2.45) is 0 Å². The third-order valence-electron chi connectivity index (χ3n) is 10.2. The van der Waals surface area contributed by atoms with Gasteiger partial charge < -0.3 is 75.9 Å². The Hall–Kier alpha value is -5.79. The molecule has 4 aliphatic rings. The molecule has 6 unspecified atom stereocenters. The number of carbonyl (C=O) groups is 6. The molecule has 70 heavy (non-hydrogen) atoms. The van der Waals surface area contributed by atoms with Gasteiger partial charge in [0.1, 0.15) is 32.5 Å². The average Bonchev–Trinajstić information content (AvgIpc) is 4.23. The number of esters is 6. The number of methoxy groups -OCH3 is 2. The van der Waals surface area contributed by atoms with Crippen LogP contribution in [0.5, 0.6) is 0 Å². The molecule has 386 valence electrons. The summed E-state index contributed by atoms with van der Waals surface area (Å²) in [5.41, 5.74) is 1.82. The van der Waals surface area contributed by atoms with Crippen LogP contribution in [0, 0.1) is 0 Å². The molecule has 0 radical (unpaired) electrons. The topological polar surface area (TPSA) is 279 Å². The Bertz CT molecular complexity index is 2130. The van der Waals surface area contributed by atoms with Gasteiger partial charge in [0.05, 0.1) is 86.2 Å². The lowest BCUT2D eigenvalue weighted by Gasteiger charge is -2.22. The van der Waals surface area contributed by atoms with Gasteiger partial charge in [-0.15, -0.1) is 0 Å². The standard InChI is InChI=1S/C26H29BO12.C12H14O4.C6H13BO6.C2H6.H2/c1-3-21-15-36-27(38-21)37-16-22(39-27)14-35-26(31)20-10-8-19(9-11-20)25(30)34-13-12-33-24(29)18-6-4-17(5-7-18)23(28)32-2;1-3-8-16-12(14)10-6-4-9(5-7-10)11(13)15-2;8-1-5-3-10-7(12-5)11-4-6(2-9)13-7;1-2;/h4-11,21-22,38H,3,12-16H2,1-2H3;4-7H,3,8H2,1-2H3;5-6,8-9,12H,1-4H2;1-2H3;1H/i;;;;1+1. The molecule has 4 heterocycles. The maximum absolute atomic E-state index is 12.4. The summed E-state index contributed by atoms with van der Waals surface area (Å²) in [7, 11) is 2.57. The zero-order chi connectivity index (χ0) is 51.1. The lowest BCUT2D eigenvalue weighted by Crippen LogP contribution is -2.44. The third-order valence-corrected chi connectivity index (χ3v) is 10.2. The van der Waals surface area contributed by atoms with Crippen molar-refractivity contribution in [2.45, 2.75) is 65.0 Å². The first kappa shape index (κ1) is 56.8. The molecule has 7 rings (SSSR count). The Morgan fingerprint density at radius 2 is 0.857 bits per heavy atom.